The molecule has 1 aromatic carbocycles. The second-order valence-electron chi connectivity index (χ2n) is 8.37. The lowest BCUT2D eigenvalue weighted by molar-refractivity contribution is 0.0623. The van der Waals surface area contributed by atoms with Gasteiger partial charge in [-0.15, -0.1) is 5.10 Å². The Labute approximate surface area is 175 Å². The number of carbonyl (C=O) groups is 2. The summed E-state index contributed by atoms with van der Waals surface area (Å²) in [6.45, 7) is 9.63. The molecule has 3 heterocycles. The maximum absolute atomic E-state index is 13.0. The first kappa shape index (κ1) is 20.0. The van der Waals surface area contributed by atoms with Crippen LogP contribution >= 0.6 is 0 Å². The third kappa shape index (κ3) is 3.90. The third-order valence-electron chi connectivity index (χ3n) is 5.52. The van der Waals surface area contributed by atoms with Crippen LogP contribution in [0.15, 0.2) is 30.5 Å². The summed E-state index contributed by atoms with van der Waals surface area (Å²) in [4.78, 5) is 36.0. The number of carbonyl (C=O) groups excluding carboxylic acids is 2. The fourth-order valence-corrected chi connectivity index (χ4v) is 4.08. The molecule has 1 aliphatic heterocycles. The first-order chi connectivity index (χ1) is 14.3. The summed E-state index contributed by atoms with van der Waals surface area (Å²) in [5.74, 6) is 0.934. The van der Waals surface area contributed by atoms with Crippen molar-refractivity contribution in [3.63, 3.8) is 0 Å². The van der Waals surface area contributed by atoms with Crippen molar-refractivity contribution in [2.75, 3.05) is 18.4 Å². The summed E-state index contributed by atoms with van der Waals surface area (Å²) < 4.78 is 1.53. The molecule has 1 fully saturated rings. The van der Waals surface area contributed by atoms with Crippen LogP contribution in [0.2, 0.25) is 0 Å². The number of aromatic nitrogens is 4. The zero-order chi connectivity index (χ0) is 21.4. The maximum atomic E-state index is 13.0. The lowest BCUT2D eigenvalue weighted by Gasteiger charge is -2.35. The van der Waals surface area contributed by atoms with Crippen molar-refractivity contribution in [1.82, 2.24) is 24.5 Å². The third-order valence-corrected chi connectivity index (χ3v) is 5.52. The van der Waals surface area contributed by atoms with E-state index in [1.807, 2.05) is 30.9 Å². The number of anilines is 1. The van der Waals surface area contributed by atoms with Crippen molar-refractivity contribution in [3.8, 4) is 0 Å². The summed E-state index contributed by atoms with van der Waals surface area (Å²) in [5, 5.41) is 7.09. The molecular formula is C22H26N6O2. The number of benzene rings is 1. The lowest BCUT2D eigenvalue weighted by atomic mass is 9.91. The zero-order valence-corrected chi connectivity index (χ0v) is 17.7. The standard InChI is InChI=1S/C22H26N6O2/c1-13-9-14(2)12-27(11-13)21(30)17-6-5-15(3)18(10-17)24-20(29)19-25-22-23-8-7-16(4)28(22)26-19/h5-8,10,13-14H,9,11-12H2,1-4H3,(H,24,29)/t13-,14-/m1/s1. The minimum Gasteiger partial charge on any atom is -0.338 e. The lowest BCUT2D eigenvalue weighted by Crippen LogP contribution is -2.42. The second-order valence-corrected chi connectivity index (χ2v) is 8.37. The highest BCUT2D eigenvalue weighted by atomic mass is 16.2. The van der Waals surface area contributed by atoms with Crippen LogP contribution in [0.3, 0.4) is 0 Å². The maximum Gasteiger partial charge on any atom is 0.295 e. The van der Waals surface area contributed by atoms with E-state index in [9.17, 15) is 9.59 Å². The van der Waals surface area contributed by atoms with Gasteiger partial charge in [-0.3, -0.25) is 9.59 Å². The highest BCUT2D eigenvalue weighted by Crippen LogP contribution is 2.24. The molecule has 2 amide bonds. The molecule has 0 bridgehead atoms. The van der Waals surface area contributed by atoms with Gasteiger partial charge in [0.05, 0.1) is 0 Å². The number of amides is 2. The average Bonchev–Trinajstić information content (AvgIpc) is 3.14. The largest absolute Gasteiger partial charge is 0.338 e. The van der Waals surface area contributed by atoms with Gasteiger partial charge >= 0.3 is 0 Å². The Morgan fingerprint density at radius 2 is 1.83 bits per heavy atom. The topological polar surface area (TPSA) is 92.5 Å². The summed E-state index contributed by atoms with van der Waals surface area (Å²) in [5.41, 5.74) is 2.84. The van der Waals surface area contributed by atoms with E-state index >= 15 is 0 Å². The van der Waals surface area contributed by atoms with Gasteiger partial charge in [-0.2, -0.15) is 4.98 Å². The predicted octanol–water partition coefficient (Wildman–Crippen LogP) is 3.11. The minimum atomic E-state index is -0.437. The molecule has 8 nitrogen and oxygen atoms in total. The van der Waals surface area contributed by atoms with Crippen LogP contribution < -0.4 is 5.32 Å². The molecule has 2 atom stereocenters. The molecule has 0 spiro atoms. The summed E-state index contributed by atoms with van der Waals surface area (Å²) >= 11 is 0. The number of hydrogen-bond acceptors (Lipinski definition) is 5. The van der Waals surface area contributed by atoms with E-state index in [1.54, 1.807) is 18.3 Å². The Bertz CT molecular complexity index is 1110. The molecule has 1 N–H and O–H groups in total. The molecule has 2 aromatic heterocycles. The van der Waals surface area contributed by atoms with Gasteiger partial charge in [0, 0.05) is 36.2 Å². The van der Waals surface area contributed by atoms with Crippen LogP contribution in [0.1, 0.15) is 52.5 Å². The van der Waals surface area contributed by atoms with Crippen molar-refractivity contribution in [2.45, 2.75) is 34.1 Å². The van der Waals surface area contributed by atoms with Crippen molar-refractivity contribution in [2.24, 2.45) is 11.8 Å². The number of likely N-dealkylation sites (tertiary alicyclic amines) is 1. The molecule has 156 valence electrons. The van der Waals surface area contributed by atoms with Crippen LogP contribution in [0.25, 0.3) is 5.78 Å². The molecule has 0 aliphatic carbocycles. The van der Waals surface area contributed by atoms with Crippen molar-refractivity contribution in [3.05, 3.63) is 53.1 Å². The van der Waals surface area contributed by atoms with Gasteiger partial charge < -0.3 is 10.2 Å². The van der Waals surface area contributed by atoms with E-state index < -0.39 is 5.91 Å². The fraction of sp³-hybridized carbons (Fsp3) is 0.409. The van der Waals surface area contributed by atoms with Crippen molar-refractivity contribution >= 4 is 23.3 Å². The van der Waals surface area contributed by atoms with Crippen LogP contribution in [-0.4, -0.2) is 49.4 Å². The van der Waals surface area contributed by atoms with Gasteiger partial charge in [0.15, 0.2) is 0 Å². The van der Waals surface area contributed by atoms with Gasteiger partial charge in [0.25, 0.3) is 17.6 Å². The van der Waals surface area contributed by atoms with Crippen LogP contribution in [0, 0.1) is 25.7 Å². The molecule has 3 aromatic rings. The molecule has 8 heteroatoms. The van der Waals surface area contributed by atoms with Gasteiger partial charge in [0.2, 0.25) is 5.82 Å². The predicted molar refractivity (Wildman–Crippen MR) is 113 cm³/mol. The molecule has 30 heavy (non-hydrogen) atoms. The van der Waals surface area contributed by atoms with Gasteiger partial charge in [-0.1, -0.05) is 19.9 Å². The highest BCUT2D eigenvalue weighted by Gasteiger charge is 2.26. The minimum absolute atomic E-state index is 0.00502. The van der Waals surface area contributed by atoms with E-state index in [1.165, 1.54) is 4.52 Å². The molecule has 1 aliphatic rings. The van der Waals surface area contributed by atoms with E-state index in [-0.39, 0.29) is 11.7 Å². The molecular weight excluding hydrogens is 380 g/mol. The number of hydrogen-bond donors (Lipinski definition) is 1. The number of aryl methyl sites for hydroxylation is 2. The van der Waals surface area contributed by atoms with E-state index in [0.29, 0.717) is 28.9 Å². The Morgan fingerprint density at radius 3 is 2.53 bits per heavy atom. The van der Waals surface area contributed by atoms with E-state index in [4.69, 9.17) is 0 Å². The van der Waals surface area contributed by atoms with Gasteiger partial charge in [0.1, 0.15) is 0 Å². The summed E-state index contributed by atoms with van der Waals surface area (Å²) in [6.07, 6.45) is 2.77. The monoisotopic (exact) mass is 406 g/mol. The SMILES string of the molecule is Cc1ccc(C(=O)N2C[C@H](C)C[C@@H](C)C2)cc1NC(=O)c1nc2nccc(C)n2n1. The Morgan fingerprint density at radius 1 is 1.10 bits per heavy atom. The number of rotatable bonds is 3. The molecule has 1 saturated heterocycles. The molecule has 0 unspecified atom stereocenters. The Hall–Kier alpha value is -3.29. The summed E-state index contributed by atoms with van der Waals surface area (Å²) in [6, 6.07) is 7.19. The normalized spacial score (nSPS) is 19.1. The average molecular weight is 406 g/mol. The zero-order valence-electron chi connectivity index (χ0n) is 17.7. The van der Waals surface area contributed by atoms with Gasteiger partial charge in [-0.05, 0) is 55.9 Å². The number of nitrogens with one attached hydrogen (secondary N) is 1. The molecule has 0 saturated carbocycles. The number of fused-ring (bicyclic) bond motifs is 1. The first-order valence-corrected chi connectivity index (χ1v) is 10.2. The molecule has 0 radical (unpaired) electrons. The van der Waals surface area contributed by atoms with Gasteiger partial charge in [-0.25, -0.2) is 9.50 Å². The molecule has 4 rings (SSSR count). The van der Waals surface area contributed by atoms with Crippen LogP contribution in [0.4, 0.5) is 5.69 Å². The smallest absolute Gasteiger partial charge is 0.295 e. The Balaban J connectivity index is 1.56. The second kappa shape index (κ2) is 7.85. The quantitative estimate of drug-likeness (QED) is 0.721. The van der Waals surface area contributed by atoms with Crippen molar-refractivity contribution in [1.29, 1.82) is 0 Å². The van der Waals surface area contributed by atoms with E-state index in [2.05, 4.69) is 34.2 Å². The fourth-order valence-electron chi connectivity index (χ4n) is 4.08. The van der Waals surface area contributed by atoms with Crippen LogP contribution in [-0.2, 0) is 0 Å². The highest BCUT2D eigenvalue weighted by molar-refractivity contribution is 6.03. The number of nitrogens with zero attached hydrogens (tertiary/aromatic N) is 5. The van der Waals surface area contributed by atoms with E-state index in [0.717, 1.165) is 30.8 Å². The first-order valence-electron chi connectivity index (χ1n) is 10.2. The Kier molecular flexibility index (Phi) is 5.24. The number of piperidine rings is 1. The van der Waals surface area contributed by atoms with Crippen molar-refractivity contribution < 1.29 is 9.59 Å². The van der Waals surface area contributed by atoms with Crippen LogP contribution in [0.5, 0.6) is 0 Å². The summed E-state index contributed by atoms with van der Waals surface area (Å²) in [7, 11) is 0.